The molecule has 0 aromatic carbocycles. The molecule has 3 heteroatoms. The van der Waals surface area contributed by atoms with Crippen LogP contribution >= 0.6 is 47.8 Å². The van der Waals surface area contributed by atoms with Gasteiger partial charge >= 0.3 is 0 Å². The fourth-order valence-corrected chi connectivity index (χ4v) is 2.01. The Balaban J connectivity index is 3.10. The zero-order valence-electron chi connectivity index (χ0n) is 4.41. The lowest BCUT2D eigenvalue weighted by Gasteiger charge is -2.05. The highest BCUT2D eigenvalue weighted by atomic mass is 79.9. The molecule has 0 rings (SSSR count). The molecule has 0 aromatic heterocycles. The Bertz CT molecular complexity index is 53.6. The topological polar surface area (TPSA) is 0 Å². The van der Waals surface area contributed by atoms with Gasteiger partial charge in [-0.2, -0.15) is 0 Å². The SMILES string of the molecule is [CH2]C(Br)CC(Br)CBr. The summed E-state index contributed by atoms with van der Waals surface area (Å²) in [5.41, 5.74) is 0. The molecule has 0 aromatic rings. The van der Waals surface area contributed by atoms with Gasteiger partial charge in [0.15, 0.2) is 0 Å². The molecular weight excluding hydrogens is 300 g/mol. The van der Waals surface area contributed by atoms with Crippen molar-refractivity contribution in [3.63, 3.8) is 0 Å². The number of hydrogen-bond donors (Lipinski definition) is 0. The predicted octanol–water partition coefficient (Wildman–Crippen LogP) is 3.13. The molecule has 1 radical (unpaired) electrons. The van der Waals surface area contributed by atoms with Gasteiger partial charge < -0.3 is 0 Å². The second kappa shape index (κ2) is 5.24. The summed E-state index contributed by atoms with van der Waals surface area (Å²) in [6, 6.07) is 0. The van der Waals surface area contributed by atoms with Crippen LogP contribution in [0.25, 0.3) is 0 Å². The molecule has 2 unspecified atom stereocenters. The van der Waals surface area contributed by atoms with E-state index in [1.165, 1.54) is 0 Å². The summed E-state index contributed by atoms with van der Waals surface area (Å²) in [6.45, 7) is 3.79. The molecule has 0 spiro atoms. The highest BCUT2D eigenvalue weighted by molar-refractivity contribution is 9.12. The molecule has 0 amide bonds. The number of hydrogen-bond acceptors (Lipinski definition) is 0. The highest BCUT2D eigenvalue weighted by Crippen LogP contribution is 2.14. The second-order valence-electron chi connectivity index (χ2n) is 1.58. The van der Waals surface area contributed by atoms with Gasteiger partial charge in [0.05, 0.1) is 0 Å². The molecule has 0 heterocycles. The average Bonchev–Trinajstić information content (AvgIpc) is 1.65. The van der Waals surface area contributed by atoms with Crippen molar-refractivity contribution >= 4 is 47.8 Å². The Labute approximate surface area is 75.8 Å². The molecule has 0 N–H and O–H groups in total. The van der Waals surface area contributed by atoms with Crippen molar-refractivity contribution in [3.8, 4) is 0 Å². The maximum Gasteiger partial charge on any atom is 0.0253 e. The molecule has 0 aliphatic heterocycles. The first kappa shape index (κ1) is 9.44. The smallest absolute Gasteiger partial charge is 0.0253 e. The van der Waals surface area contributed by atoms with Gasteiger partial charge in [-0.25, -0.2) is 0 Å². The lowest BCUT2D eigenvalue weighted by Crippen LogP contribution is -2.04. The molecule has 0 aliphatic carbocycles. The van der Waals surface area contributed by atoms with E-state index in [1.807, 2.05) is 0 Å². The van der Waals surface area contributed by atoms with Crippen LogP contribution in [0.4, 0.5) is 0 Å². The van der Waals surface area contributed by atoms with Crippen LogP contribution in [0.15, 0.2) is 0 Å². The van der Waals surface area contributed by atoms with Crippen LogP contribution in [0.1, 0.15) is 6.42 Å². The van der Waals surface area contributed by atoms with Crippen LogP contribution in [-0.2, 0) is 0 Å². The van der Waals surface area contributed by atoms with Gasteiger partial charge in [0.1, 0.15) is 0 Å². The van der Waals surface area contributed by atoms with Crippen LogP contribution in [0.2, 0.25) is 0 Å². The fraction of sp³-hybridized carbons (Fsp3) is 0.800. The van der Waals surface area contributed by atoms with Gasteiger partial charge in [-0.15, -0.1) is 0 Å². The van der Waals surface area contributed by atoms with Crippen molar-refractivity contribution < 1.29 is 0 Å². The third kappa shape index (κ3) is 5.57. The van der Waals surface area contributed by atoms with Crippen molar-refractivity contribution in [2.24, 2.45) is 0 Å². The largest absolute Gasteiger partial charge is 0.0916 e. The average molecular weight is 308 g/mol. The number of alkyl halides is 3. The molecule has 0 fully saturated rings. The van der Waals surface area contributed by atoms with Crippen LogP contribution < -0.4 is 0 Å². The van der Waals surface area contributed by atoms with Crippen LogP contribution in [0, 0.1) is 6.92 Å². The number of rotatable bonds is 3. The summed E-state index contributed by atoms with van der Waals surface area (Å²) in [6.07, 6.45) is 1.06. The van der Waals surface area contributed by atoms with E-state index >= 15 is 0 Å². The molecule has 49 valence electrons. The maximum atomic E-state index is 3.79. The molecular formula is C5H8Br3. The van der Waals surface area contributed by atoms with Crippen molar-refractivity contribution in [2.75, 3.05) is 5.33 Å². The van der Waals surface area contributed by atoms with E-state index in [0.717, 1.165) is 11.8 Å². The third-order valence-electron chi connectivity index (χ3n) is 0.679. The Kier molecular flexibility index (Phi) is 6.19. The first-order chi connectivity index (χ1) is 3.66. The third-order valence-corrected chi connectivity index (χ3v) is 3.40. The summed E-state index contributed by atoms with van der Waals surface area (Å²) in [4.78, 5) is 0.911. The normalized spacial score (nSPS) is 18.0. The lowest BCUT2D eigenvalue weighted by molar-refractivity contribution is 0.877. The molecule has 8 heavy (non-hydrogen) atoms. The first-order valence-corrected chi connectivity index (χ1v) is 5.29. The van der Waals surface area contributed by atoms with Crippen molar-refractivity contribution in [1.29, 1.82) is 0 Å². The quantitative estimate of drug-likeness (QED) is 0.703. The molecule has 0 bridgehead atoms. The Morgan fingerprint density at radius 1 is 1.38 bits per heavy atom. The van der Waals surface area contributed by atoms with E-state index in [2.05, 4.69) is 54.7 Å². The minimum Gasteiger partial charge on any atom is -0.0916 e. The molecule has 0 saturated heterocycles. The van der Waals surface area contributed by atoms with Gasteiger partial charge in [0, 0.05) is 15.0 Å². The molecule has 2 atom stereocenters. The van der Waals surface area contributed by atoms with E-state index < -0.39 is 0 Å². The minimum atomic E-state index is 0.365. The highest BCUT2D eigenvalue weighted by Gasteiger charge is 2.04. The fourth-order valence-electron chi connectivity index (χ4n) is 0.341. The van der Waals surface area contributed by atoms with Crippen molar-refractivity contribution in [2.45, 2.75) is 16.1 Å². The second-order valence-corrected chi connectivity index (χ2v) is 4.82. The van der Waals surface area contributed by atoms with E-state index in [4.69, 9.17) is 0 Å². The van der Waals surface area contributed by atoms with E-state index in [-0.39, 0.29) is 0 Å². The first-order valence-electron chi connectivity index (χ1n) is 2.34. The van der Waals surface area contributed by atoms with E-state index in [1.54, 1.807) is 0 Å². The van der Waals surface area contributed by atoms with Gasteiger partial charge in [-0.3, -0.25) is 0 Å². The molecule has 0 saturated carbocycles. The van der Waals surface area contributed by atoms with Crippen LogP contribution in [0.3, 0.4) is 0 Å². The predicted molar refractivity (Wildman–Crippen MR) is 49.2 cm³/mol. The number of halogens is 3. The Morgan fingerprint density at radius 3 is 2.00 bits per heavy atom. The Hall–Kier alpha value is 1.44. The summed E-state index contributed by atoms with van der Waals surface area (Å²) in [7, 11) is 0. The molecule has 0 nitrogen and oxygen atoms in total. The van der Waals surface area contributed by atoms with Crippen LogP contribution in [-0.4, -0.2) is 15.0 Å². The minimum absolute atomic E-state index is 0.365. The summed E-state index contributed by atoms with van der Waals surface area (Å²) in [5.74, 6) is 0. The lowest BCUT2D eigenvalue weighted by atomic mass is 10.3. The van der Waals surface area contributed by atoms with Crippen molar-refractivity contribution in [3.05, 3.63) is 6.92 Å². The summed E-state index contributed by atoms with van der Waals surface area (Å²) < 4.78 is 0. The maximum absolute atomic E-state index is 3.79. The van der Waals surface area contributed by atoms with Gasteiger partial charge in [-0.1, -0.05) is 47.8 Å². The Morgan fingerprint density at radius 2 is 1.88 bits per heavy atom. The zero-order valence-corrected chi connectivity index (χ0v) is 9.17. The summed E-state index contributed by atoms with van der Waals surface area (Å²) >= 11 is 10.2. The standard InChI is InChI=1S/C5H8Br3/c1-4(7)2-5(8)3-6/h4-5H,1-3H2. The van der Waals surface area contributed by atoms with Crippen molar-refractivity contribution in [1.82, 2.24) is 0 Å². The van der Waals surface area contributed by atoms with Gasteiger partial charge in [0.2, 0.25) is 0 Å². The molecule has 0 aliphatic rings. The van der Waals surface area contributed by atoms with Crippen LogP contribution in [0.5, 0.6) is 0 Å². The zero-order chi connectivity index (χ0) is 6.57. The van der Waals surface area contributed by atoms with Gasteiger partial charge in [0.25, 0.3) is 0 Å². The summed E-state index contributed by atoms with van der Waals surface area (Å²) in [5, 5.41) is 0.991. The van der Waals surface area contributed by atoms with E-state index in [9.17, 15) is 0 Å². The monoisotopic (exact) mass is 305 g/mol. The van der Waals surface area contributed by atoms with Gasteiger partial charge in [-0.05, 0) is 13.3 Å². The van der Waals surface area contributed by atoms with E-state index in [0.29, 0.717) is 9.65 Å².